The summed E-state index contributed by atoms with van der Waals surface area (Å²) < 4.78 is 17.3. The number of halogens is 1. The summed E-state index contributed by atoms with van der Waals surface area (Å²) in [6, 6.07) is 4.85. The zero-order valence-electron chi connectivity index (χ0n) is 6.96. The van der Waals surface area contributed by atoms with Crippen LogP contribution in [0.2, 0.25) is 0 Å². The molecule has 14 heavy (non-hydrogen) atoms. The summed E-state index contributed by atoms with van der Waals surface area (Å²) in [4.78, 5) is 18.2. The van der Waals surface area contributed by atoms with Crippen LogP contribution < -0.4 is 5.30 Å². The second-order valence-electron chi connectivity index (χ2n) is 2.73. The highest BCUT2D eigenvalue weighted by Gasteiger charge is 2.22. The van der Waals surface area contributed by atoms with E-state index in [4.69, 9.17) is 9.79 Å². The van der Waals surface area contributed by atoms with Gasteiger partial charge in [0, 0.05) is 26.6 Å². The van der Waals surface area contributed by atoms with E-state index in [1.807, 2.05) is 4.08 Å². The van der Waals surface area contributed by atoms with Gasteiger partial charge in [-0.1, -0.05) is 6.07 Å². The Balaban J connectivity index is 2.70. The molecule has 0 saturated heterocycles. The van der Waals surface area contributed by atoms with E-state index in [2.05, 4.69) is 3.15 Å². The third-order valence-corrected chi connectivity index (χ3v) is 4.30. The molecule has 4 nitrogen and oxygen atoms in total. The van der Waals surface area contributed by atoms with Crippen molar-refractivity contribution in [3.8, 4) is 0 Å². The lowest BCUT2D eigenvalue weighted by Crippen LogP contribution is -2.08. The largest absolute Gasteiger partial charge is 0.356 e. The van der Waals surface area contributed by atoms with Crippen molar-refractivity contribution < 1.29 is 14.4 Å². The molecule has 0 amide bonds. The average molecular weight is 323 g/mol. The fourth-order valence-electron chi connectivity index (χ4n) is 1.21. The van der Waals surface area contributed by atoms with Crippen molar-refractivity contribution in [3.05, 3.63) is 27.8 Å². The minimum absolute atomic E-state index is 0.0682. The molecule has 2 N–H and O–H groups in total. The molecule has 1 aromatic rings. The lowest BCUT2D eigenvalue weighted by atomic mass is 10.2. The van der Waals surface area contributed by atoms with Crippen molar-refractivity contribution in [2.45, 2.75) is 0 Å². The van der Waals surface area contributed by atoms with Crippen molar-refractivity contribution in [3.63, 3.8) is 0 Å². The summed E-state index contributed by atoms with van der Waals surface area (Å²) in [5.74, 6) is 0. The highest BCUT2D eigenvalue weighted by atomic mass is 127. The van der Waals surface area contributed by atoms with Crippen LogP contribution >= 0.6 is 28.6 Å². The smallest absolute Gasteiger partial charge is 0.321 e. The molecule has 0 fully saturated rings. The van der Waals surface area contributed by atoms with Crippen molar-refractivity contribution in [1.29, 1.82) is 0 Å². The minimum atomic E-state index is -4.18. The Hall–Kier alpha value is -0.360. The molecule has 1 heterocycles. The number of hydrogen-bond donors (Lipinski definition) is 2. The number of rotatable bonds is 1. The van der Waals surface area contributed by atoms with Crippen LogP contribution in [0.15, 0.2) is 25.4 Å². The van der Waals surface area contributed by atoms with Gasteiger partial charge in [-0.3, -0.25) is 4.57 Å². The van der Waals surface area contributed by atoms with Gasteiger partial charge in [-0.25, -0.2) is 3.15 Å². The normalized spacial score (nSPS) is 14.7. The molecule has 1 aliphatic rings. The highest BCUT2D eigenvalue weighted by molar-refractivity contribution is 14.2. The van der Waals surface area contributed by atoms with Gasteiger partial charge >= 0.3 is 7.60 Å². The SMILES string of the molecule is O=P(O)(O)c1cccc2c1C=CI=N2. The molecular weight excluding hydrogens is 316 g/mol. The molecule has 0 radical (unpaired) electrons. The third kappa shape index (κ3) is 1.86. The minimum Gasteiger partial charge on any atom is -0.321 e. The number of hydrogen-bond acceptors (Lipinski definition) is 2. The van der Waals surface area contributed by atoms with Crippen molar-refractivity contribution in [2.24, 2.45) is 3.15 Å². The Kier molecular flexibility index (Phi) is 2.66. The van der Waals surface area contributed by atoms with E-state index in [0.717, 1.165) is 0 Å². The topological polar surface area (TPSA) is 69.9 Å². The fourth-order valence-corrected chi connectivity index (χ4v) is 3.40. The number of nitrogens with zero attached hydrogens (tertiary/aromatic N) is 1. The van der Waals surface area contributed by atoms with Gasteiger partial charge in [-0.15, -0.1) is 0 Å². The van der Waals surface area contributed by atoms with E-state index in [1.165, 1.54) is 6.07 Å². The molecule has 0 spiro atoms. The van der Waals surface area contributed by atoms with Crippen LogP contribution in [-0.2, 0) is 4.57 Å². The van der Waals surface area contributed by atoms with E-state index in [0.29, 0.717) is 11.3 Å². The maximum absolute atomic E-state index is 11.1. The summed E-state index contributed by atoms with van der Waals surface area (Å²) >= 11 is -0.332. The molecule has 1 aromatic carbocycles. The van der Waals surface area contributed by atoms with Gasteiger partial charge in [-0.2, -0.15) is 0 Å². The van der Waals surface area contributed by atoms with Crippen LogP contribution in [0.5, 0.6) is 0 Å². The fraction of sp³-hybridized carbons (Fsp3) is 0. The predicted molar refractivity (Wildman–Crippen MR) is 63.3 cm³/mol. The van der Waals surface area contributed by atoms with Crippen LogP contribution in [0.1, 0.15) is 5.56 Å². The van der Waals surface area contributed by atoms with E-state index >= 15 is 0 Å². The first-order valence-corrected chi connectivity index (χ1v) is 7.61. The van der Waals surface area contributed by atoms with Gasteiger partial charge in [0.2, 0.25) is 0 Å². The molecular formula is C8H7INO3P. The molecule has 0 atom stereocenters. The van der Waals surface area contributed by atoms with Crippen LogP contribution in [0.4, 0.5) is 5.69 Å². The van der Waals surface area contributed by atoms with Gasteiger partial charge in [0.15, 0.2) is 0 Å². The van der Waals surface area contributed by atoms with E-state index in [9.17, 15) is 4.57 Å². The molecule has 1 aliphatic heterocycles. The van der Waals surface area contributed by atoms with E-state index in [-0.39, 0.29) is 26.3 Å². The second kappa shape index (κ2) is 3.66. The Labute approximate surface area is 91.0 Å². The average Bonchev–Trinajstić information content (AvgIpc) is 2.15. The maximum atomic E-state index is 11.1. The second-order valence-corrected chi connectivity index (χ2v) is 6.06. The lowest BCUT2D eigenvalue weighted by Gasteiger charge is -2.11. The molecule has 2 rings (SSSR count). The monoisotopic (exact) mass is 323 g/mol. The molecule has 74 valence electrons. The summed E-state index contributed by atoms with van der Waals surface area (Å²) in [5.41, 5.74) is 1.26. The predicted octanol–water partition coefficient (Wildman–Crippen LogP) is 2.26. The molecule has 0 saturated carbocycles. The highest BCUT2D eigenvalue weighted by Crippen LogP contribution is 2.39. The molecule has 0 aromatic heterocycles. The Morgan fingerprint density at radius 1 is 1.36 bits per heavy atom. The number of fused-ring (bicyclic) bond motifs is 1. The van der Waals surface area contributed by atoms with Gasteiger partial charge in [0.1, 0.15) is 0 Å². The molecule has 0 aliphatic carbocycles. The van der Waals surface area contributed by atoms with Gasteiger partial charge in [0.05, 0.1) is 11.0 Å². The zero-order chi connectivity index (χ0) is 10.2. The molecule has 0 unspecified atom stereocenters. The van der Waals surface area contributed by atoms with E-state index in [1.54, 1.807) is 18.2 Å². The molecule has 0 bridgehead atoms. The van der Waals surface area contributed by atoms with Crippen LogP contribution in [-0.4, -0.2) is 9.79 Å². The quantitative estimate of drug-likeness (QED) is 0.615. The van der Waals surface area contributed by atoms with Crippen LogP contribution in [0.3, 0.4) is 0 Å². The van der Waals surface area contributed by atoms with Gasteiger partial charge in [-0.05, 0) is 22.3 Å². The summed E-state index contributed by atoms with van der Waals surface area (Å²) in [6.45, 7) is 0. The third-order valence-electron chi connectivity index (χ3n) is 1.80. The van der Waals surface area contributed by atoms with Crippen LogP contribution in [0, 0.1) is 0 Å². The summed E-state index contributed by atoms with van der Waals surface area (Å²) in [6.07, 6.45) is 1.75. The van der Waals surface area contributed by atoms with Crippen molar-refractivity contribution in [2.75, 3.05) is 0 Å². The first-order chi connectivity index (χ1) is 6.59. The van der Waals surface area contributed by atoms with E-state index < -0.39 is 7.60 Å². The standard InChI is InChI=1S/C8H7INO3P/c11-14(12,13)8-3-1-2-7-6(8)4-5-9-10-7/h1-5H,(H2,11,12,13). The Morgan fingerprint density at radius 3 is 2.86 bits per heavy atom. The van der Waals surface area contributed by atoms with Crippen LogP contribution in [0.25, 0.3) is 6.08 Å². The first kappa shape index (κ1) is 10.2. The van der Waals surface area contributed by atoms with Crippen molar-refractivity contribution in [1.82, 2.24) is 0 Å². The Bertz CT molecular complexity index is 477. The molecule has 6 heteroatoms. The Morgan fingerprint density at radius 2 is 2.14 bits per heavy atom. The van der Waals surface area contributed by atoms with Gasteiger partial charge in [0.25, 0.3) is 0 Å². The zero-order valence-corrected chi connectivity index (χ0v) is 10.0. The summed E-state index contributed by atoms with van der Waals surface area (Å²) in [5, 5.41) is 0.0682. The van der Waals surface area contributed by atoms with Gasteiger partial charge < -0.3 is 9.79 Å². The lowest BCUT2D eigenvalue weighted by molar-refractivity contribution is 0.387. The number of benzene rings is 1. The van der Waals surface area contributed by atoms with Crippen molar-refractivity contribution >= 4 is 45.7 Å². The first-order valence-electron chi connectivity index (χ1n) is 3.78. The summed E-state index contributed by atoms with van der Waals surface area (Å²) in [7, 11) is -4.18. The maximum Gasteiger partial charge on any atom is 0.356 e.